The molecular weight excluding hydrogens is 997 g/mol. The number of anilines is 2. The standard InChI is InChI=1S/C58H72N10O10/c1-7-31(5)45-50(73)59-38-28-57(35-15-9-11-17-39(35)66-52(75)43(67(51(38)74)56(57)66)27-33-21-23-34(69)24-22-33)68-40-18-12-10-16-36(40)58(78)29-37(60-55(58)68)47(70)63-46(32(6)8-2)54(77)65-26-14-19-41(65)48(71)61-44(30(3)4)53(76)64-25-13-20-42(64)49(72)62-45/h9-12,15-18,21-24,30-32,37-38,41-46,55-56,60,69,78H,7-8,13-14,19-20,25-29H2,1-6H3,(H,59,73)(H,61,71)(H,62,72)(H,63,70)/t31?,32?,37?,38-,41?,42?,43?,44?,45-,46?,55-,56?,57?,58-/m0/s1. The molecule has 8 amide bonds. The van der Waals surface area contributed by atoms with Gasteiger partial charge in [-0.25, -0.2) is 0 Å². The molecule has 8 heterocycles. The Hall–Kier alpha value is -7.06. The van der Waals surface area contributed by atoms with Crippen LogP contribution in [-0.2, 0) is 55.9 Å². The Balaban J connectivity index is 1.06. The lowest BCUT2D eigenvalue weighted by molar-refractivity contribution is -0.148. The number of amides is 8. The molecule has 8 aliphatic rings. The number of benzene rings is 3. The van der Waals surface area contributed by atoms with Gasteiger partial charge in [0.15, 0.2) is 0 Å². The van der Waals surface area contributed by atoms with Gasteiger partial charge in [-0.3, -0.25) is 48.6 Å². The Morgan fingerprint density at radius 1 is 0.603 bits per heavy atom. The van der Waals surface area contributed by atoms with Crippen molar-refractivity contribution in [2.45, 2.75) is 171 Å². The van der Waals surface area contributed by atoms with Gasteiger partial charge in [0, 0.05) is 49.2 Å². The Kier molecular flexibility index (Phi) is 13.6. The second kappa shape index (κ2) is 20.0. The molecule has 6 fully saturated rings. The van der Waals surface area contributed by atoms with E-state index in [-0.39, 0.29) is 49.9 Å². The van der Waals surface area contributed by atoms with Crippen molar-refractivity contribution < 1.29 is 48.6 Å². The molecule has 0 aromatic heterocycles. The van der Waals surface area contributed by atoms with E-state index in [0.717, 1.165) is 0 Å². The Morgan fingerprint density at radius 3 is 1.79 bits per heavy atom. The minimum atomic E-state index is -1.76. The van der Waals surface area contributed by atoms with E-state index in [1.807, 2.05) is 69.0 Å². The zero-order chi connectivity index (χ0) is 55.3. The number of phenolic OH excluding ortho intramolecular Hbond substituents is 1. The first kappa shape index (κ1) is 53.0. The number of aliphatic hydroxyl groups is 1. The number of carbonyl (C=O) groups excluding carboxylic acids is 8. The first-order valence-electron chi connectivity index (χ1n) is 28.1. The molecule has 78 heavy (non-hydrogen) atoms. The van der Waals surface area contributed by atoms with E-state index in [1.54, 1.807) is 47.9 Å². The van der Waals surface area contributed by atoms with Crippen LogP contribution in [0.25, 0.3) is 0 Å². The lowest BCUT2D eigenvalue weighted by Gasteiger charge is -2.54. The highest BCUT2D eigenvalue weighted by atomic mass is 16.3. The van der Waals surface area contributed by atoms with Crippen LogP contribution >= 0.6 is 0 Å². The van der Waals surface area contributed by atoms with E-state index in [4.69, 9.17) is 0 Å². The smallest absolute Gasteiger partial charge is 0.252 e. The fourth-order valence-corrected chi connectivity index (χ4v) is 14.2. The highest BCUT2D eigenvalue weighted by Crippen LogP contribution is 2.63. The van der Waals surface area contributed by atoms with E-state index in [2.05, 4.69) is 26.6 Å². The molecular formula is C58H72N10O10. The molecule has 414 valence electrons. The molecule has 4 bridgehead atoms. The molecule has 7 N–H and O–H groups in total. The molecule has 1 spiro atoms. The van der Waals surface area contributed by atoms with Crippen molar-refractivity contribution in [2.75, 3.05) is 22.9 Å². The number of fused-ring (bicyclic) bond motifs is 9. The summed E-state index contributed by atoms with van der Waals surface area (Å²) in [5.41, 5.74) is -0.289. The van der Waals surface area contributed by atoms with E-state index >= 15 is 19.2 Å². The average Bonchev–Trinajstić information content (AvgIpc) is 2.33. The first-order valence-corrected chi connectivity index (χ1v) is 28.1. The summed E-state index contributed by atoms with van der Waals surface area (Å²) in [7, 11) is 0. The topological polar surface area (TPSA) is 253 Å². The summed E-state index contributed by atoms with van der Waals surface area (Å²) in [5.74, 6) is -5.34. The zero-order valence-corrected chi connectivity index (χ0v) is 45.1. The van der Waals surface area contributed by atoms with E-state index in [0.29, 0.717) is 66.6 Å². The maximum atomic E-state index is 15.7. The Morgan fingerprint density at radius 2 is 1.17 bits per heavy atom. The summed E-state index contributed by atoms with van der Waals surface area (Å²) in [6.45, 7) is 11.5. The van der Waals surface area contributed by atoms with Gasteiger partial charge in [0.2, 0.25) is 41.4 Å². The van der Waals surface area contributed by atoms with Crippen LogP contribution < -0.4 is 36.4 Å². The van der Waals surface area contributed by atoms with Crippen LogP contribution in [0, 0.1) is 17.8 Å². The number of nitrogens with one attached hydrogen (secondary N) is 5. The number of para-hydroxylation sites is 2. The molecule has 8 aliphatic heterocycles. The first-order chi connectivity index (χ1) is 37.3. The zero-order valence-electron chi connectivity index (χ0n) is 45.1. The van der Waals surface area contributed by atoms with Gasteiger partial charge in [-0.1, -0.05) is 103 Å². The van der Waals surface area contributed by atoms with Gasteiger partial charge >= 0.3 is 0 Å². The van der Waals surface area contributed by atoms with Crippen molar-refractivity contribution in [3.8, 4) is 5.75 Å². The van der Waals surface area contributed by atoms with Crippen molar-refractivity contribution in [3.05, 3.63) is 89.5 Å². The molecule has 0 radical (unpaired) electrons. The van der Waals surface area contributed by atoms with Crippen molar-refractivity contribution in [1.29, 1.82) is 0 Å². The summed E-state index contributed by atoms with van der Waals surface area (Å²) in [4.78, 5) is 128. The summed E-state index contributed by atoms with van der Waals surface area (Å²) in [6, 6.07) is 12.3. The van der Waals surface area contributed by atoms with Gasteiger partial charge in [0.05, 0.1) is 11.7 Å². The van der Waals surface area contributed by atoms with Crippen LogP contribution in [0.1, 0.15) is 110 Å². The third-order valence-corrected chi connectivity index (χ3v) is 18.6. The van der Waals surface area contributed by atoms with E-state index in [9.17, 15) is 29.4 Å². The quantitative estimate of drug-likeness (QED) is 0.180. The van der Waals surface area contributed by atoms with Gasteiger partial charge in [-0.2, -0.15) is 0 Å². The number of nitrogens with zero attached hydrogens (tertiary/aromatic N) is 5. The monoisotopic (exact) mass is 1070 g/mol. The molecule has 20 heteroatoms. The van der Waals surface area contributed by atoms with Gasteiger partial charge in [-0.15, -0.1) is 0 Å². The predicted molar refractivity (Wildman–Crippen MR) is 286 cm³/mol. The van der Waals surface area contributed by atoms with Gasteiger partial charge in [0.1, 0.15) is 71.5 Å². The van der Waals surface area contributed by atoms with Crippen LogP contribution in [0.3, 0.4) is 0 Å². The highest BCUT2D eigenvalue weighted by molar-refractivity contribution is 6.09. The second-order valence-corrected chi connectivity index (χ2v) is 23.4. The number of piperidine rings is 1. The summed E-state index contributed by atoms with van der Waals surface area (Å²) in [6.07, 6.45) is 0.236. The number of hydrogen-bond donors (Lipinski definition) is 7. The molecule has 3 aromatic carbocycles. The minimum absolute atomic E-state index is 0.0259. The third-order valence-electron chi connectivity index (χ3n) is 18.6. The molecule has 6 saturated heterocycles. The summed E-state index contributed by atoms with van der Waals surface area (Å²) in [5, 5.41) is 39.3. The van der Waals surface area contributed by atoms with Crippen molar-refractivity contribution >= 4 is 58.6 Å². The third kappa shape index (κ3) is 8.20. The average molecular weight is 1070 g/mol. The molecule has 14 atom stereocenters. The SMILES string of the molecule is CCC(C)C1NC(=O)C2C[C@]3(O)c4ccccc4N([C@@H]3N2)C23C[C@H](NC(=O)[C@H](C(C)CC)NC(=O)C4CCCN4C(=O)C(C(C)C)NC(=O)C4CCCN4C1=O)C(=O)N1C(Cc4ccc(O)cc4)C(=O)N(c4ccccc42)C13. The highest BCUT2D eigenvalue weighted by Gasteiger charge is 2.73. The largest absolute Gasteiger partial charge is 0.508 e. The predicted octanol–water partition coefficient (Wildman–Crippen LogP) is 2.20. The van der Waals surface area contributed by atoms with Crippen LogP contribution in [0.15, 0.2) is 72.8 Å². The van der Waals surface area contributed by atoms with Gasteiger partial charge in [0.25, 0.3) is 5.91 Å². The molecule has 11 rings (SSSR count). The van der Waals surface area contributed by atoms with Gasteiger partial charge < -0.3 is 51.1 Å². The maximum Gasteiger partial charge on any atom is 0.252 e. The van der Waals surface area contributed by atoms with E-state index in [1.165, 1.54) is 21.9 Å². The molecule has 0 aliphatic carbocycles. The number of phenols is 1. The van der Waals surface area contributed by atoms with Crippen LogP contribution in [0.4, 0.5) is 11.4 Å². The fraction of sp³-hybridized carbons (Fsp3) is 0.552. The minimum Gasteiger partial charge on any atom is -0.508 e. The van der Waals surface area contributed by atoms with Crippen molar-refractivity contribution in [1.82, 2.24) is 41.3 Å². The fourth-order valence-electron chi connectivity index (χ4n) is 14.2. The van der Waals surface area contributed by atoms with E-state index < -0.39 is 125 Å². The lowest BCUT2D eigenvalue weighted by Crippen LogP contribution is -2.73. The number of rotatable bonds is 7. The maximum absolute atomic E-state index is 15.7. The Labute approximate surface area is 454 Å². The number of carbonyl (C=O) groups is 8. The van der Waals surface area contributed by atoms with Gasteiger partial charge in [-0.05, 0) is 73.3 Å². The molecule has 0 saturated carbocycles. The summed E-state index contributed by atoms with van der Waals surface area (Å²) >= 11 is 0. The normalized spacial score (nSPS) is 33.7. The molecule has 10 unspecified atom stereocenters. The number of aromatic hydroxyl groups is 1. The lowest BCUT2D eigenvalue weighted by atomic mass is 9.76. The van der Waals surface area contributed by atoms with Crippen molar-refractivity contribution in [2.24, 2.45) is 17.8 Å². The Bertz CT molecular complexity index is 2960. The van der Waals surface area contributed by atoms with Crippen LogP contribution in [0.5, 0.6) is 5.75 Å². The second-order valence-electron chi connectivity index (χ2n) is 23.4. The molecule has 20 nitrogen and oxygen atoms in total. The van der Waals surface area contributed by atoms with Crippen LogP contribution in [0.2, 0.25) is 0 Å². The van der Waals surface area contributed by atoms with Crippen molar-refractivity contribution in [3.63, 3.8) is 0 Å². The molecule has 3 aromatic rings. The van der Waals surface area contributed by atoms with Crippen LogP contribution in [-0.4, -0.2) is 146 Å². The summed E-state index contributed by atoms with van der Waals surface area (Å²) < 4.78 is 0. The number of hydrogen-bond acceptors (Lipinski definition) is 12.